The van der Waals surface area contributed by atoms with E-state index in [0.717, 1.165) is 23.5 Å². The van der Waals surface area contributed by atoms with Crippen molar-refractivity contribution >= 4 is 33.8 Å². The Balaban J connectivity index is 1.62. The summed E-state index contributed by atoms with van der Waals surface area (Å²) in [5.41, 5.74) is 1.04. The molecule has 1 heterocycles. The van der Waals surface area contributed by atoms with Crippen molar-refractivity contribution in [3.05, 3.63) is 65.4 Å². The zero-order valence-electron chi connectivity index (χ0n) is 13.4. The van der Waals surface area contributed by atoms with Crippen molar-refractivity contribution in [2.45, 2.75) is 6.36 Å². The fraction of sp³-hybridized carbons (Fsp3) is 0.0588. The van der Waals surface area contributed by atoms with E-state index in [2.05, 4.69) is 20.4 Å². The first-order valence-electron chi connectivity index (χ1n) is 7.44. The van der Waals surface area contributed by atoms with Crippen LogP contribution in [0.2, 0.25) is 0 Å². The topological polar surface area (TPSA) is 63.2 Å². The van der Waals surface area contributed by atoms with Crippen molar-refractivity contribution in [1.82, 2.24) is 4.98 Å². The number of nitrogens with one attached hydrogen (secondary N) is 2. The van der Waals surface area contributed by atoms with Crippen LogP contribution < -0.4 is 15.4 Å². The lowest BCUT2D eigenvalue weighted by Gasteiger charge is -2.09. The van der Waals surface area contributed by atoms with Gasteiger partial charge in [0.2, 0.25) is 0 Å². The number of anilines is 3. The number of rotatable bonds is 5. The molecule has 0 aliphatic heterocycles. The Morgan fingerprint density at radius 3 is 2.26 bits per heavy atom. The van der Waals surface area contributed by atoms with Crippen LogP contribution in [0.5, 0.6) is 5.75 Å². The minimum absolute atomic E-state index is 0.142. The molecule has 27 heavy (non-hydrogen) atoms. The third-order valence-electron chi connectivity index (χ3n) is 3.18. The number of carbonyl (C=O) groups excluding carboxylic acids is 1. The fourth-order valence-electron chi connectivity index (χ4n) is 2.03. The van der Waals surface area contributed by atoms with Crippen LogP contribution in [0.1, 0.15) is 10.5 Å². The predicted molar refractivity (Wildman–Crippen MR) is 92.9 cm³/mol. The molecule has 0 bridgehead atoms. The van der Waals surface area contributed by atoms with Gasteiger partial charge in [-0.2, -0.15) is 0 Å². The van der Waals surface area contributed by atoms with Gasteiger partial charge in [-0.05, 0) is 48.5 Å². The number of carbonyl (C=O) groups is 1. The maximum atomic E-state index is 12.9. The standard InChI is InChI=1S/C17H11F4N3O2S/c18-10-1-3-11(4-2-10)22-15(25)14-9-27-16(24-14)23-12-5-7-13(8-6-12)26-17(19,20)21/h1-9H,(H,22,25)(H,23,24). The summed E-state index contributed by atoms with van der Waals surface area (Å²) in [5.74, 6) is -1.23. The largest absolute Gasteiger partial charge is 0.573 e. The molecule has 10 heteroatoms. The molecule has 0 fully saturated rings. The summed E-state index contributed by atoms with van der Waals surface area (Å²) in [6, 6.07) is 10.4. The normalized spacial score (nSPS) is 11.1. The first-order valence-corrected chi connectivity index (χ1v) is 8.32. The Bertz CT molecular complexity index is 925. The second kappa shape index (κ2) is 7.62. The van der Waals surface area contributed by atoms with Crippen LogP contribution in [0.25, 0.3) is 0 Å². The summed E-state index contributed by atoms with van der Waals surface area (Å²) in [6.07, 6.45) is -4.75. The van der Waals surface area contributed by atoms with Crippen LogP contribution in [0.3, 0.4) is 0 Å². The van der Waals surface area contributed by atoms with Crippen molar-refractivity contribution in [2.24, 2.45) is 0 Å². The van der Waals surface area contributed by atoms with Gasteiger partial charge in [-0.3, -0.25) is 4.79 Å². The molecule has 3 aromatic rings. The Kier molecular flexibility index (Phi) is 5.26. The lowest BCUT2D eigenvalue weighted by Crippen LogP contribution is -2.16. The van der Waals surface area contributed by atoms with Crippen molar-refractivity contribution in [2.75, 3.05) is 10.6 Å². The van der Waals surface area contributed by atoms with Crippen LogP contribution in [-0.2, 0) is 0 Å². The van der Waals surface area contributed by atoms with E-state index in [0.29, 0.717) is 16.5 Å². The molecule has 5 nitrogen and oxygen atoms in total. The molecular weight excluding hydrogens is 386 g/mol. The van der Waals surface area contributed by atoms with E-state index in [1.165, 1.54) is 41.8 Å². The molecular formula is C17H11F4N3O2S. The van der Waals surface area contributed by atoms with Crippen LogP contribution in [0.4, 0.5) is 34.1 Å². The molecule has 1 amide bonds. The molecule has 0 saturated carbocycles. The monoisotopic (exact) mass is 397 g/mol. The molecule has 0 unspecified atom stereocenters. The van der Waals surface area contributed by atoms with Crippen LogP contribution >= 0.6 is 11.3 Å². The Morgan fingerprint density at radius 2 is 1.63 bits per heavy atom. The number of amides is 1. The number of aromatic nitrogens is 1. The number of ether oxygens (including phenoxy) is 1. The molecule has 0 radical (unpaired) electrons. The van der Waals surface area contributed by atoms with Gasteiger partial charge in [0, 0.05) is 16.8 Å². The van der Waals surface area contributed by atoms with Crippen molar-refractivity contribution in [3.63, 3.8) is 0 Å². The average molecular weight is 397 g/mol. The first-order chi connectivity index (χ1) is 12.8. The zero-order chi connectivity index (χ0) is 19.4. The van der Waals surface area contributed by atoms with Crippen LogP contribution in [0, 0.1) is 5.82 Å². The highest BCUT2D eigenvalue weighted by molar-refractivity contribution is 7.14. The highest BCUT2D eigenvalue weighted by Gasteiger charge is 2.30. The lowest BCUT2D eigenvalue weighted by atomic mass is 10.3. The van der Waals surface area contributed by atoms with Crippen LogP contribution in [0.15, 0.2) is 53.9 Å². The van der Waals surface area contributed by atoms with Gasteiger partial charge in [-0.15, -0.1) is 24.5 Å². The Hall–Kier alpha value is -3.14. The van der Waals surface area contributed by atoms with E-state index in [4.69, 9.17) is 0 Å². The molecule has 0 atom stereocenters. The summed E-state index contributed by atoms with van der Waals surface area (Å²) >= 11 is 1.15. The summed E-state index contributed by atoms with van der Waals surface area (Å²) < 4.78 is 53.1. The van der Waals surface area contributed by atoms with Gasteiger partial charge in [0.1, 0.15) is 17.3 Å². The van der Waals surface area contributed by atoms with E-state index >= 15 is 0 Å². The Morgan fingerprint density at radius 1 is 1.00 bits per heavy atom. The number of nitrogens with zero attached hydrogens (tertiary/aromatic N) is 1. The second-order valence-corrected chi connectivity index (χ2v) is 6.05. The lowest BCUT2D eigenvalue weighted by molar-refractivity contribution is -0.274. The van der Waals surface area contributed by atoms with E-state index in [-0.39, 0.29) is 11.4 Å². The summed E-state index contributed by atoms with van der Waals surface area (Å²) in [4.78, 5) is 16.2. The van der Waals surface area contributed by atoms with Crippen molar-refractivity contribution in [3.8, 4) is 5.75 Å². The first kappa shape index (κ1) is 18.6. The molecule has 0 aliphatic rings. The van der Waals surface area contributed by atoms with Gasteiger partial charge in [-0.25, -0.2) is 9.37 Å². The molecule has 140 valence electrons. The van der Waals surface area contributed by atoms with Gasteiger partial charge in [0.25, 0.3) is 5.91 Å². The van der Waals surface area contributed by atoms with Gasteiger partial charge >= 0.3 is 6.36 Å². The van der Waals surface area contributed by atoms with E-state index in [9.17, 15) is 22.4 Å². The predicted octanol–water partition coefficient (Wildman–Crippen LogP) is 5.18. The Labute approximate surface area is 154 Å². The molecule has 3 rings (SSSR count). The minimum Gasteiger partial charge on any atom is -0.406 e. The van der Waals surface area contributed by atoms with Gasteiger partial charge in [0.05, 0.1) is 0 Å². The highest BCUT2D eigenvalue weighted by Crippen LogP contribution is 2.26. The molecule has 0 saturated heterocycles. The number of hydrogen-bond acceptors (Lipinski definition) is 5. The third kappa shape index (κ3) is 5.42. The van der Waals surface area contributed by atoms with E-state index in [1.807, 2.05) is 0 Å². The third-order valence-corrected chi connectivity index (χ3v) is 3.94. The zero-order valence-corrected chi connectivity index (χ0v) is 14.2. The van der Waals surface area contributed by atoms with Gasteiger partial charge < -0.3 is 15.4 Å². The van der Waals surface area contributed by atoms with Crippen molar-refractivity contribution < 1.29 is 27.1 Å². The molecule has 0 aliphatic carbocycles. The maximum absolute atomic E-state index is 12.9. The van der Waals surface area contributed by atoms with Gasteiger partial charge in [-0.1, -0.05) is 0 Å². The molecule has 2 aromatic carbocycles. The summed E-state index contributed by atoms with van der Waals surface area (Å²) in [7, 11) is 0. The second-order valence-electron chi connectivity index (χ2n) is 5.20. The smallest absolute Gasteiger partial charge is 0.406 e. The van der Waals surface area contributed by atoms with E-state index in [1.54, 1.807) is 0 Å². The highest BCUT2D eigenvalue weighted by atomic mass is 32.1. The molecule has 1 aromatic heterocycles. The fourth-order valence-corrected chi connectivity index (χ4v) is 2.74. The summed E-state index contributed by atoms with van der Waals surface area (Å²) in [6.45, 7) is 0. The number of hydrogen-bond donors (Lipinski definition) is 2. The van der Waals surface area contributed by atoms with E-state index < -0.39 is 18.1 Å². The molecule has 2 N–H and O–H groups in total. The SMILES string of the molecule is O=C(Nc1ccc(F)cc1)c1csc(Nc2ccc(OC(F)(F)F)cc2)n1. The number of alkyl halides is 3. The molecule has 0 spiro atoms. The number of thiazole rings is 1. The van der Waals surface area contributed by atoms with Crippen molar-refractivity contribution in [1.29, 1.82) is 0 Å². The average Bonchev–Trinajstić information content (AvgIpc) is 3.06. The van der Waals surface area contributed by atoms with Gasteiger partial charge in [0.15, 0.2) is 5.13 Å². The minimum atomic E-state index is -4.75. The summed E-state index contributed by atoms with van der Waals surface area (Å²) in [5, 5.41) is 7.36. The number of benzene rings is 2. The number of halogens is 4. The van der Waals surface area contributed by atoms with Crippen LogP contribution in [-0.4, -0.2) is 17.3 Å². The quantitative estimate of drug-likeness (QED) is 0.583. The maximum Gasteiger partial charge on any atom is 0.573 e.